The number of rotatable bonds is 10. The molecule has 122 valence electrons. The molecule has 0 aliphatic carbocycles. The lowest BCUT2D eigenvalue weighted by Gasteiger charge is -2.15. The minimum atomic E-state index is -4.34. The minimum absolute atomic E-state index is 0.120. The van der Waals surface area contributed by atoms with Crippen LogP contribution in [0.2, 0.25) is 0 Å². The van der Waals surface area contributed by atoms with Crippen molar-refractivity contribution in [2.75, 3.05) is 6.61 Å². The number of hydrogen-bond donors (Lipinski definition) is 2. The van der Waals surface area contributed by atoms with Crippen molar-refractivity contribution < 1.29 is 32.6 Å². The van der Waals surface area contributed by atoms with Gasteiger partial charge in [-0.1, -0.05) is 6.08 Å². The highest BCUT2D eigenvalue weighted by molar-refractivity contribution is 5.79. The fourth-order valence-corrected chi connectivity index (χ4v) is 1.50. The third-order valence-corrected chi connectivity index (χ3v) is 2.58. The Balaban J connectivity index is 3.99. The van der Waals surface area contributed by atoms with Crippen molar-refractivity contribution in [3.05, 3.63) is 12.7 Å². The Morgan fingerprint density at radius 2 is 1.95 bits per heavy atom. The molecular formula is C13H20F3NO4. The number of alkyl halides is 3. The molecule has 0 rings (SSSR count). The second-order valence-corrected chi connectivity index (χ2v) is 4.46. The monoisotopic (exact) mass is 311 g/mol. The van der Waals surface area contributed by atoms with Gasteiger partial charge in [0.25, 0.3) is 0 Å². The normalized spacial score (nSPS) is 12.5. The molecule has 8 heteroatoms. The maximum Gasteiger partial charge on any atom is 0.407 e. The molecule has 0 unspecified atom stereocenters. The van der Waals surface area contributed by atoms with Gasteiger partial charge in [0.05, 0.1) is 6.61 Å². The molecule has 0 aromatic heterocycles. The molecule has 5 nitrogen and oxygen atoms in total. The molecule has 0 aromatic rings. The first-order chi connectivity index (χ1) is 9.76. The molecular weight excluding hydrogens is 291 g/mol. The van der Waals surface area contributed by atoms with Gasteiger partial charge in [-0.25, -0.2) is 9.59 Å². The third-order valence-electron chi connectivity index (χ3n) is 2.58. The molecule has 0 bridgehead atoms. The van der Waals surface area contributed by atoms with Crippen LogP contribution in [0.15, 0.2) is 12.7 Å². The summed E-state index contributed by atoms with van der Waals surface area (Å²) in [6, 6.07) is -1.38. The van der Waals surface area contributed by atoms with Crippen molar-refractivity contribution in [1.82, 2.24) is 5.32 Å². The first-order valence-corrected chi connectivity index (χ1v) is 6.60. The summed E-state index contributed by atoms with van der Waals surface area (Å²) in [6.07, 6.45) is -3.16. The zero-order valence-corrected chi connectivity index (χ0v) is 11.6. The van der Waals surface area contributed by atoms with Crippen LogP contribution in [-0.4, -0.2) is 36.0 Å². The van der Waals surface area contributed by atoms with Crippen LogP contribution in [0.1, 0.15) is 38.5 Å². The van der Waals surface area contributed by atoms with Crippen molar-refractivity contribution in [3.8, 4) is 0 Å². The molecule has 0 saturated heterocycles. The van der Waals surface area contributed by atoms with Gasteiger partial charge in [-0.15, -0.1) is 6.58 Å². The molecule has 2 N–H and O–H groups in total. The number of allylic oxidation sites excluding steroid dienone is 1. The largest absolute Gasteiger partial charge is 0.480 e. The van der Waals surface area contributed by atoms with Gasteiger partial charge >= 0.3 is 18.2 Å². The summed E-state index contributed by atoms with van der Waals surface area (Å²) >= 11 is 0. The summed E-state index contributed by atoms with van der Waals surface area (Å²) in [6.45, 7) is 3.65. The van der Waals surface area contributed by atoms with Crippen molar-refractivity contribution in [2.24, 2.45) is 0 Å². The first-order valence-electron chi connectivity index (χ1n) is 6.60. The summed E-state index contributed by atoms with van der Waals surface area (Å²) < 4.78 is 40.7. The lowest BCUT2D eigenvalue weighted by Crippen LogP contribution is -2.41. The van der Waals surface area contributed by atoms with Gasteiger partial charge in [0, 0.05) is 6.42 Å². The Morgan fingerprint density at radius 3 is 2.48 bits per heavy atom. The van der Waals surface area contributed by atoms with E-state index in [1.807, 2.05) is 5.32 Å². The maximum absolute atomic E-state index is 12.0. The van der Waals surface area contributed by atoms with Crippen LogP contribution in [-0.2, 0) is 9.53 Å². The van der Waals surface area contributed by atoms with Gasteiger partial charge in [0.15, 0.2) is 0 Å². The van der Waals surface area contributed by atoms with E-state index in [4.69, 9.17) is 9.84 Å². The number of unbranched alkanes of at least 4 members (excludes halogenated alkanes) is 2. The number of carboxylic acids is 1. The molecule has 0 heterocycles. The number of halogens is 3. The van der Waals surface area contributed by atoms with Gasteiger partial charge in [0.2, 0.25) is 0 Å². The van der Waals surface area contributed by atoms with Gasteiger partial charge in [0.1, 0.15) is 6.04 Å². The zero-order valence-electron chi connectivity index (χ0n) is 11.6. The van der Waals surface area contributed by atoms with E-state index >= 15 is 0 Å². The van der Waals surface area contributed by atoms with Crippen LogP contribution in [0, 0.1) is 0 Å². The van der Waals surface area contributed by atoms with E-state index in [1.54, 1.807) is 6.08 Å². The number of nitrogens with one attached hydrogen (secondary N) is 1. The van der Waals surface area contributed by atoms with Crippen LogP contribution in [0.5, 0.6) is 0 Å². The van der Waals surface area contributed by atoms with Crippen LogP contribution in [0.3, 0.4) is 0 Å². The van der Waals surface area contributed by atoms with Crippen LogP contribution in [0.25, 0.3) is 0 Å². The van der Waals surface area contributed by atoms with Crippen LogP contribution in [0.4, 0.5) is 18.0 Å². The molecule has 0 spiro atoms. The fourth-order valence-electron chi connectivity index (χ4n) is 1.50. The highest BCUT2D eigenvalue weighted by Crippen LogP contribution is 2.22. The topological polar surface area (TPSA) is 75.6 Å². The molecule has 1 amide bonds. The Morgan fingerprint density at radius 1 is 1.29 bits per heavy atom. The van der Waals surface area contributed by atoms with E-state index in [1.165, 1.54) is 0 Å². The molecule has 0 aromatic carbocycles. The van der Waals surface area contributed by atoms with Crippen molar-refractivity contribution in [1.29, 1.82) is 0 Å². The number of ether oxygens (including phenoxy) is 1. The molecule has 21 heavy (non-hydrogen) atoms. The number of aliphatic carboxylic acids is 1. The molecule has 0 aliphatic heterocycles. The van der Waals surface area contributed by atoms with Crippen LogP contribution < -0.4 is 5.32 Å². The smallest absolute Gasteiger partial charge is 0.407 e. The summed E-state index contributed by atoms with van der Waals surface area (Å²) in [5.74, 6) is -1.39. The zero-order chi connectivity index (χ0) is 16.3. The Kier molecular flexibility index (Phi) is 9.23. The average molecular weight is 311 g/mol. The number of carbonyl (C=O) groups is 2. The van der Waals surface area contributed by atoms with E-state index in [0.717, 1.165) is 12.8 Å². The van der Waals surface area contributed by atoms with E-state index < -0.39 is 30.7 Å². The molecule has 0 radical (unpaired) electrons. The van der Waals surface area contributed by atoms with E-state index in [9.17, 15) is 22.8 Å². The second-order valence-electron chi connectivity index (χ2n) is 4.46. The fraction of sp³-hybridized carbons (Fsp3) is 0.692. The van der Waals surface area contributed by atoms with Gasteiger partial charge in [-0.2, -0.15) is 13.2 Å². The highest BCUT2D eigenvalue weighted by atomic mass is 19.4. The number of alkyl carbamates (subject to hydrolysis) is 1. The van der Waals surface area contributed by atoms with E-state index in [2.05, 4.69) is 6.58 Å². The Bertz CT molecular complexity index is 345. The molecule has 0 aliphatic rings. The maximum atomic E-state index is 12.0. The highest BCUT2D eigenvalue weighted by Gasteiger charge is 2.28. The van der Waals surface area contributed by atoms with Gasteiger partial charge < -0.3 is 15.2 Å². The minimum Gasteiger partial charge on any atom is -0.480 e. The second kappa shape index (κ2) is 10.1. The van der Waals surface area contributed by atoms with Crippen molar-refractivity contribution in [2.45, 2.75) is 50.7 Å². The quantitative estimate of drug-likeness (QED) is 0.479. The Labute approximate surface area is 121 Å². The van der Waals surface area contributed by atoms with E-state index in [-0.39, 0.29) is 19.4 Å². The first kappa shape index (κ1) is 19.3. The molecule has 0 fully saturated rings. The summed E-state index contributed by atoms with van der Waals surface area (Å²) in [7, 11) is 0. The van der Waals surface area contributed by atoms with Crippen LogP contribution >= 0.6 is 0 Å². The summed E-state index contributed by atoms with van der Waals surface area (Å²) in [4.78, 5) is 22.2. The summed E-state index contributed by atoms with van der Waals surface area (Å²) in [5.41, 5.74) is 0. The molecule has 0 saturated carbocycles. The van der Waals surface area contributed by atoms with Crippen molar-refractivity contribution >= 4 is 12.1 Å². The average Bonchev–Trinajstić information content (AvgIpc) is 2.35. The SMILES string of the molecule is C=CCCCCOC(=O)N[C@@H](CCCC(F)(F)F)C(=O)O. The summed E-state index contributed by atoms with van der Waals surface area (Å²) in [5, 5.41) is 10.9. The molecule has 1 atom stereocenters. The number of amides is 1. The lowest BCUT2D eigenvalue weighted by atomic mass is 10.1. The van der Waals surface area contributed by atoms with Gasteiger partial charge in [-0.05, 0) is 32.1 Å². The number of hydrogen-bond acceptors (Lipinski definition) is 3. The predicted molar refractivity (Wildman–Crippen MR) is 69.9 cm³/mol. The Hall–Kier alpha value is -1.73. The number of carbonyl (C=O) groups excluding carboxylic acids is 1. The van der Waals surface area contributed by atoms with E-state index in [0.29, 0.717) is 6.42 Å². The predicted octanol–water partition coefficient (Wildman–Crippen LogP) is 3.25. The standard InChI is InChI=1S/C13H20F3NO4/c1-2-3-4-5-9-21-12(20)17-10(11(18)19)7-6-8-13(14,15)16/h2,10H,1,3-9H2,(H,17,20)(H,18,19)/t10-/m0/s1. The van der Waals surface area contributed by atoms with Gasteiger partial charge in [-0.3, -0.25) is 0 Å². The number of carboxylic acid groups (broad SMARTS) is 1. The third kappa shape index (κ3) is 11.8. The lowest BCUT2D eigenvalue weighted by molar-refractivity contribution is -0.143. The van der Waals surface area contributed by atoms with Crippen molar-refractivity contribution in [3.63, 3.8) is 0 Å².